The molecule has 1 N–H and O–H groups in total. The highest BCUT2D eigenvalue weighted by Crippen LogP contribution is 2.42. The van der Waals surface area contributed by atoms with Crippen LogP contribution in [-0.4, -0.2) is 18.5 Å². The summed E-state index contributed by atoms with van der Waals surface area (Å²) in [5.41, 5.74) is 3.53. The summed E-state index contributed by atoms with van der Waals surface area (Å²) in [4.78, 5) is 26.1. The van der Waals surface area contributed by atoms with Gasteiger partial charge in [0.2, 0.25) is 0 Å². The maximum absolute atomic E-state index is 12.6. The van der Waals surface area contributed by atoms with E-state index in [0.29, 0.717) is 28.7 Å². The van der Waals surface area contributed by atoms with Crippen LogP contribution in [0.3, 0.4) is 0 Å². The Morgan fingerprint density at radius 3 is 2.70 bits per heavy atom. The Hall–Kier alpha value is -2.40. The summed E-state index contributed by atoms with van der Waals surface area (Å²) < 4.78 is 5.27. The van der Waals surface area contributed by atoms with Crippen molar-refractivity contribution in [1.82, 2.24) is 0 Å². The number of fused-ring (bicyclic) bond motifs is 1. The summed E-state index contributed by atoms with van der Waals surface area (Å²) in [6, 6.07) is 10.5. The Morgan fingerprint density at radius 1 is 1.30 bits per heavy atom. The van der Waals surface area contributed by atoms with E-state index in [1.165, 1.54) is 21.8 Å². The zero-order valence-electron chi connectivity index (χ0n) is 16.0. The number of carbonyl (C=O) groups is 2. The van der Waals surface area contributed by atoms with Crippen LogP contribution in [-0.2, 0) is 22.4 Å². The van der Waals surface area contributed by atoms with E-state index in [1.54, 1.807) is 19.9 Å². The SMILES string of the molecule is C/C=C(\C)C(=O)Nc1sc2c(c1C(=O)OCC)CC[C@@H](c1ccccc1)C2. The number of nitrogens with one attached hydrogen (secondary N) is 1. The smallest absolute Gasteiger partial charge is 0.341 e. The fourth-order valence-electron chi connectivity index (χ4n) is 3.44. The minimum absolute atomic E-state index is 0.179. The van der Waals surface area contributed by atoms with Crippen LogP contribution in [0.4, 0.5) is 5.00 Å². The molecule has 1 heterocycles. The van der Waals surface area contributed by atoms with Gasteiger partial charge in [-0.25, -0.2) is 4.79 Å². The molecule has 3 rings (SSSR count). The zero-order valence-corrected chi connectivity index (χ0v) is 16.8. The average molecular weight is 384 g/mol. The number of hydrogen-bond acceptors (Lipinski definition) is 4. The number of rotatable bonds is 5. The van der Waals surface area contributed by atoms with E-state index in [0.717, 1.165) is 24.8 Å². The lowest BCUT2D eigenvalue weighted by atomic mass is 9.83. The van der Waals surface area contributed by atoms with Gasteiger partial charge in [0.25, 0.3) is 5.91 Å². The number of ether oxygens (including phenoxy) is 1. The fraction of sp³-hybridized carbons (Fsp3) is 0.364. The Bertz CT molecular complexity index is 867. The number of allylic oxidation sites excluding steroid dienone is 1. The first-order chi connectivity index (χ1) is 13.0. The van der Waals surface area contributed by atoms with Gasteiger partial charge in [0.1, 0.15) is 5.00 Å². The fourth-order valence-corrected chi connectivity index (χ4v) is 4.75. The highest BCUT2D eigenvalue weighted by atomic mass is 32.1. The maximum atomic E-state index is 12.6. The Kier molecular flexibility index (Phi) is 6.11. The van der Waals surface area contributed by atoms with Crippen molar-refractivity contribution in [3.63, 3.8) is 0 Å². The van der Waals surface area contributed by atoms with Gasteiger partial charge in [-0.2, -0.15) is 0 Å². The topological polar surface area (TPSA) is 55.4 Å². The van der Waals surface area contributed by atoms with E-state index in [2.05, 4.69) is 29.6 Å². The van der Waals surface area contributed by atoms with Gasteiger partial charge in [-0.05, 0) is 57.1 Å². The van der Waals surface area contributed by atoms with Crippen molar-refractivity contribution in [2.75, 3.05) is 11.9 Å². The molecule has 1 aliphatic carbocycles. The molecule has 0 aliphatic heterocycles. The number of benzene rings is 1. The monoisotopic (exact) mass is 383 g/mol. The first-order valence-electron chi connectivity index (χ1n) is 9.36. The molecule has 0 fully saturated rings. The molecule has 0 saturated carbocycles. The van der Waals surface area contributed by atoms with Crippen molar-refractivity contribution in [3.8, 4) is 0 Å². The highest BCUT2D eigenvalue weighted by Gasteiger charge is 2.30. The third-order valence-electron chi connectivity index (χ3n) is 5.03. The lowest BCUT2D eigenvalue weighted by Gasteiger charge is -2.23. The predicted molar refractivity (Wildman–Crippen MR) is 110 cm³/mol. The van der Waals surface area contributed by atoms with Gasteiger partial charge in [0, 0.05) is 10.5 Å². The molecule has 1 aromatic carbocycles. The van der Waals surface area contributed by atoms with Crippen LogP contribution in [0, 0.1) is 0 Å². The summed E-state index contributed by atoms with van der Waals surface area (Å²) in [6.45, 7) is 5.70. The van der Waals surface area contributed by atoms with Crippen LogP contribution in [0.15, 0.2) is 42.0 Å². The lowest BCUT2D eigenvalue weighted by molar-refractivity contribution is -0.112. The van der Waals surface area contributed by atoms with Crippen LogP contribution in [0.25, 0.3) is 0 Å². The lowest BCUT2D eigenvalue weighted by Crippen LogP contribution is -2.17. The largest absolute Gasteiger partial charge is 0.462 e. The van der Waals surface area contributed by atoms with Crippen molar-refractivity contribution in [3.05, 3.63) is 63.5 Å². The second kappa shape index (κ2) is 8.53. The van der Waals surface area contributed by atoms with Crippen LogP contribution in [0.2, 0.25) is 0 Å². The number of esters is 1. The average Bonchev–Trinajstić information content (AvgIpc) is 3.05. The molecular weight excluding hydrogens is 358 g/mol. The summed E-state index contributed by atoms with van der Waals surface area (Å²) in [5.74, 6) is -0.0870. The predicted octanol–water partition coefficient (Wildman–Crippen LogP) is 5.10. The van der Waals surface area contributed by atoms with Crippen molar-refractivity contribution in [2.45, 2.75) is 46.0 Å². The number of thiophene rings is 1. The van der Waals surface area contributed by atoms with Crippen molar-refractivity contribution >= 4 is 28.2 Å². The molecular formula is C22H25NO3S. The maximum Gasteiger partial charge on any atom is 0.341 e. The van der Waals surface area contributed by atoms with Gasteiger partial charge in [-0.1, -0.05) is 36.4 Å². The summed E-state index contributed by atoms with van der Waals surface area (Å²) in [6.07, 6.45) is 4.45. The Morgan fingerprint density at radius 2 is 2.04 bits per heavy atom. The molecule has 27 heavy (non-hydrogen) atoms. The molecule has 1 amide bonds. The zero-order chi connectivity index (χ0) is 19.4. The molecule has 142 valence electrons. The van der Waals surface area contributed by atoms with Crippen molar-refractivity contribution in [2.24, 2.45) is 0 Å². The number of carbonyl (C=O) groups excluding carboxylic acids is 2. The quantitative estimate of drug-likeness (QED) is 0.577. The van der Waals surface area contributed by atoms with Crippen LogP contribution in [0.5, 0.6) is 0 Å². The van der Waals surface area contributed by atoms with E-state index in [-0.39, 0.29) is 11.9 Å². The van der Waals surface area contributed by atoms with Crippen molar-refractivity contribution in [1.29, 1.82) is 0 Å². The first kappa shape index (κ1) is 19.4. The third-order valence-corrected chi connectivity index (χ3v) is 6.20. The first-order valence-corrected chi connectivity index (χ1v) is 10.2. The molecule has 1 atom stereocenters. The van der Waals surface area contributed by atoms with Gasteiger partial charge < -0.3 is 10.1 Å². The summed E-state index contributed by atoms with van der Waals surface area (Å²) in [5, 5.41) is 3.53. The van der Waals surface area contributed by atoms with Gasteiger partial charge >= 0.3 is 5.97 Å². The molecule has 2 aromatic rings. The molecule has 0 saturated heterocycles. The van der Waals surface area contributed by atoms with Crippen LogP contribution in [0.1, 0.15) is 59.5 Å². The molecule has 4 nitrogen and oxygen atoms in total. The molecule has 0 bridgehead atoms. The molecule has 0 unspecified atom stereocenters. The Labute approximate surface area is 164 Å². The van der Waals surface area contributed by atoms with Gasteiger partial charge in [0.15, 0.2) is 0 Å². The van der Waals surface area contributed by atoms with Gasteiger partial charge in [0.05, 0.1) is 12.2 Å². The van der Waals surface area contributed by atoms with E-state index >= 15 is 0 Å². The van der Waals surface area contributed by atoms with E-state index in [1.807, 2.05) is 13.0 Å². The van der Waals surface area contributed by atoms with Crippen LogP contribution >= 0.6 is 11.3 Å². The molecule has 1 aromatic heterocycles. The number of amides is 1. The molecule has 0 spiro atoms. The number of anilines is 1. The van der Waals surface area contributed by atoms with Crippen LogP contribution < -0.4 is 5.32 Å². The third kappa shape index (κ3) is 4.14. The second-order valence-electron chi connectivity index (χ2n) is 6.70. The minimum atomic E-state index is -0.346. The highest BCUT2D eigenvalue weighted by molar-refractivity contribution is 7.17. The number of hydrogen-bond donors (Lipinski definition) is 1. The van der Waals surface area contributed by atoms with E-state index in [9.17, 15) is 9.59 Å². The summed E-state index contributed by atoms with van der Waals surface area (Å²) >= 11 is 1.51. The van der Waals surface area contributed by atoms with Gasteiger partial charge in [-0.3, -0.25) is 4.79 Å². The van der Waals surface area contributed by atoms with Gasteiger partial charge in [-0.15, -0.1) is 11.3 Å². The summed E-state index contributed by atoms with van der Waals surface area (Å²) in [7, 11) is 0. The Balaban J connectivity index is 1.94. The van der Waals surface area contributed by atoms with Crippen molar-refractivity contribution < 1.29 is 14.3 Å². The van der Waals surface area contributed by atoms with E-state index in [4.69, 9.17) is 4.74 Å². The molecule has 1 aliphatic rings. The van der Waals surface area contributed by atoms with E-state index < -0.39 is 0 Å². The second-order valence-corrected chi connectivity index (χ2v) is 7.81. The normalized spacial score (nSPS) is 16.6. The molecule has 0 radical (unpaired) electrons. The molecule has 5 heteroatoms. The minimum Gasteiger partial charge on any atom is -0.462 e. The standard InChI is InChI=1S/C22H25NO3S/c1-4-14(3)20(24)23-21-19(22(25)26-5-2)17-12-11-16(13-18(17)27-21)15-9-7-6-8-10-15/h4,6-10,16H,5,11-13H2,1-3H3,(H,23,24)/b14-4+/t16-/m1/s1.